The molecule has 0 bridgehead atoms. The van der Waals surface area contributed by atoms with Gasteiger partial charge < -0.3 is 10.6 Å². The second-order valence-corrected chi connectivity index (χ2v) is 3.01. The van der Waals surface area contributed by atoms with Crippen molar-refractivity contribution in [3.63, 3.8) is 0 Å². The van der Waals surface area contributed by atoms with E-state index in [1.54, 1.807) is 0 Å². The highest BCUT2D eigenvalue weighted by molar-refractivity contribution is 4.92. The molecule has 64 valence electrons. The van der Waals surface area contributed by atoms with Gasteiger partial charge in [0.05, 0.1) is 12.1 Å². The van der Waals surface area contributed by atoms with E-state index in [9.17, 15) is 0 Å². The molecule has 0 aromatic rings. The van der Waals surface area contributed by atoms with E-state index in [1.165, 1.54) is 0 Å². The van der Waals surface area contributed by atoms with Crippen LogP contribution in [0.25, 0.3) is 0 Å². The van der Waals surface area contributed by atoms with E-state index >= 15 is 0 Å². The van der Waals surface area contributed by atoms with Crippen LogP contribution in [-0.2, 0) is 0 Å². The van der Waals surface area contributed by atoms with Gasteiger partial charge in [-0.15, -0.1) is 0 Å². The van der Waals surface area contributed by atoms with Gasteiger partial charge in [0.15, 0.2) is 12.4 Å². The van der Waals surface area contributed by atoms with E-state index < -0.39 is 0 Å². The molecule has 2 atom stereocenters. The Hall–Kier alpha value is -1.42. The van der Waals surface area contributed by atoms with Crippen molar-refractivity contribution in [1.82, 2.24) is 10.6 Å². The predicted molar refractivity (Wildman–Crippen MR) is 43.5 cm³/mol. The first-order valence-electron chi connectivity index (χ1n) is 4.17. The fourth-order valence-electron chi connectivity index (χ4n) is 1.64. The summed E-state index contributed by atoms with van der Waals surface area (Å²) in [5.74, 6) is 0. The molecule has 12 heavy (non-hydrogen) atoms. The third-order valence-electron chi connectivity index (χ3n) is 2.27. The maximum atomic E-state index is 8.43. The summed E-state index contributed by atoms with van der Waals surface area (Å²) >= 11 is 0. The van der Waals surface area contributed by atoms with Crippen LogP contribution in [0.15, 0.2) is 0 Å². The minimum Gasteiger partial charge on any atom is -0.319 e. The third-order valence-corrected chi connectivity index (χ3v) is 2.27. The fraction of sp³-hybridized carbons (Fsp3) is 0.750. The minimum atomic E-state index is 0.142. The lowest BCUT2D eigenvalue weighted by molar-refractivity contribution is 0.329. The van der Waals surface area contributed by atoms with E-state index in [2.05, 4.69) is 10.6 Å². The molecule has 4 nitrogen and oxygen atoms in total. The van der Waals surface area contributed by atoms with Crippen LogP contribution in [-0.4, -0.2) is 12.1 Å². The van der Waals surface area contributed by atoms with Crippen molar-refractivity contribution < 1.29 is 0 Å². The molecule has 0 amide bonds. The topological polar surface area (TPSA) is 71.6 Å². The number of nitrogens with zero attached hydrogens (tertiary/aromatic N) is 2. The second-order valence-electron chi connectivity index (χ2n) is 3.01. The molecule has 1 aliphatic carbocycles. The number of hydrogen-bond acceptors (Lipinski definition) is 4. The van der Waals surface area contributed by atoms with Gasteiger partial charge >= 0.3 is 0 Å². The maximum Gasteiger partial charge on any atom is 0.176 e. The van der Waals surface area contributed by atoms with Crippen LogP contribution in [0.5, 0.6) is 0 Å². The first-order valence-corrected chi connectivity index (χ1v) is 4.17. The quantitative estimate of drug-likeness (QED) is 0.459. The van der Waals surface area contributed by atoms with Crippen LogP contribution in [0.2, 0.25) is 0 Å². The Labute approximate surface area is 72.2 Å². The summed E-state index contributed by atoms with van der Waals surface area (Å²) < 4.78 is 0. The van der Waals surface area contributed by atoms with E-state index in [0.717, 1.165) is 25.7 Å². The molecule has 0 heterocycles. The highest BCUT2D eigenvalue weighted by Crippen LogP contribution is 2.17. The number of nitrogens with one attached hydrogen (secondary N) is 2. The molecule has 1 aliphatic rings. The summed E-state index contributed by atoms with van der Waals surface area (Å²) in [7, 11) is 0. The predicted octanol–water partition coefficient (Wildman–Crippen LogP) is 0.439. The Morgan fingerprint density at radius 1 is 0.917 bits per heavy atom. The summed E-state index contributed by atoms with van der Waals surface area (Å²) in [6.45, 7) is 0. The average Bonchev–Trinajstić information content (AvgIpc) is 2.09. The van der Waals surface area contributed by atoms with E-state index in [0.29, 0.717) is 0 Å². The smallest absolute Gasteiger partial charge is 0.176 e. The van der Waals surface area contributed by atoms with Crippen LogP contribution < -0.4 is 10.6 Å². The first-order chi connectivity index (χ1) is 5.88. The second kappa shape index (κ2) is 4.46. The standard InChI is InChI=1S/C8H12N4/c9-5-11-7-3-1-2-4-8(7)12-6-10/h7-8,11-12H,1-4H2. The van der Waals surface area contributed by atoms with Gasteiger partial charge in [-0.3, -0.25) is 0 Å². The van der Waals surface area contributed by atoms with Crippen molar-refractivity contribution in [2.75, 3.05) is 0 Å². The molecule has 0 saturated heterocycles. The summed E-state index contributed by atoms with van der Waals surface area (Å²) in [6.07, 6.45) is 8.09. The molecular weight excluding hydrogens is 152 g/mol. The van der Waals surface area contributed by atoms with Crippen molar-refractivity contribution in [3.8, 4) is 12.4 Å². The van der Waals surface area contributed by atoms with Gasteiger partial charge in [-0.05, 0) is 12.8 Å². The van der Waals surface area contributed by atoms with Crippen LogP contribution >= 0.6 is 0 Å². The van der Waals surface area contributed by atoms with Crippen LogP contribution in [0, 0.1) is 22.9 Å². The third kappa shape index (κ3) is 2.03. The molecule has 0 spiro atoms. The van der Waals surface area contributed by atoms with E-state index in [1.807, 2.05) is 12.4 Å². The van der Waals surface area contributed by atoms with E-state index in [4.69, 9.17) is 10.5 Å². The van der Waals surface area contributed by atoms with Gasteiger partial charge in [0.2, 0.25) is 0 Å². The molecule has 0 aromatic carbocycles. The Bertz CT molecular complexity index is 188. The summed E-state index contributed by atoms with van der Waals surface area (Å²) in [5.41, 5.74) is 0. The SMILES string of the molecule is N#CNC1CCCCC1NC#N. The number of nitriles is 2. The van der Waals surface area contributed by atoms with Gasteiger partial charge in [-0.25, -0.2) is 0 Å². The molecule has 0 aliphatic heterocycles. The van der Waals surface area contributed by atoms with Crippen LogP contribution in [0.1, 0.15) is 25.7 Å². The summed E-state index contributed by atoms with van der Waals surface area (Å²) in [4.78, 5) is 0. The highest BCUT2D eigenvalue weighted by Gasteiger charge is 2.23. The van der Waals surface area contributed by atoms with Crippen molar-refractivity contribution in [3.05, 3.63) is 0 Å². The summed E-state index contributed by atoms with van der Waals surface area (Å²) in [5, 5.41) is 22.3. The fourth-order valence-corrected chi connectivity index (χ4v) is 1.64. The normalized spacial score (nSPS) is 28.2. The Morgan fingerprint density at radius 3 is 1.67 bits per heavy atom. The zero-order valence-electron chi connectivity index (χ0n) is 6.88. The maximum absolute atomic E-state index is 8.43. The van der Waals surface area contributed by atoms with Gasteiger partial charge in [0.25, 0.3) is 0 Å². The molecule has 2 unspecified atom stereocenters. The molecule has 0 radical (unpaired) electrons. The lowest BCUT2D eigenvalue weighted by atomic mass is 9.90. The van der Waals surface area contributed by atoms with Crippen molar-refractivity contribution in [2.45, 2.75) is 37.8 Å². The zero-order valence-corrected chi connectivity index (χ0v) is 6.88. The lowest BCUT2D eigenvalue weighted by Crippen LogP contribution is -2.46. The highest BCUT2D eigenvalue weighted by atomic mass is 15.0. The Morgan fingerprint density at radius 2 is 1.33 bits per heavy atom. The van der Waals surface area contributed by atoms with E-state index in [-0.39, 0.29) is 12.1 Å². The van der Waals surface area contributed by atoms with Crippen molar-refractivity contribution in [1.29, 1.82) is 10.5 Å². The van der Waals surface area contributed by atoms with Gasteiger partial charge in [-0.2, -0.15) is 10.5 Å². The van der Waals surface area contributed by atoms with Crippen LogP contribution in [0.3, 0.4) is 0 Å². The number of rotatable bonds is 2. The van der Waals surface area contributed by atoms with Crippen LogP contribution in [0.4, 0.5) is 0 Å². The molecule has 1 saturated carbocycles. The van der Waals surface area contributed by atoms with Gasteiger partial charge in [0, 0.05) is 0 Å². The largest absolute Gasteiger partial charge is 0.319 e. The first kappa shape index (κ1) is 8.67. The molecule has 1 fully saturated rings. The van der Waals surface area contributed by atoms with Crippen molar-refractivity contribution in [2.24, 2.45) is 0 Å². The monoisotopic (exact) mass is 164 g/mol. The Kier molecular flexibility index (Phi) is 3.22. The van der Waals surface area contributed by atoms with Crippen molar-refractivity contribution >= 4 is 0 Å². The number of hydrogen-bond donors (Lipinski definition) is 2. The molecule has 0 aromatic heterocycles. The molecule has 2 N–H and O–H groups in total. The molecule has 4 heteroatoms. The lowest BCUT2D eigenvalue weighted by Gasteiger charge is -2.29. The average molecular weight is 164 g/mol. The van der Waals surface area contributed by atoms with Gasteiger partial charge in [-0.1, -0.05) is 12.8 Å². The molecular formula is C8H12N4. The molecule has 1 rings (SSSR count). The zero-order chi connectivity index (χ0) is 8.81. The minimum absolute atomic E-state index is 0.142. The Balaban J connectivity index is 2.44. The summed E-state index contributed by atoms with van der Waals surface area (Å²) in [6, 6.07) is 0.284. The van der Waals surface area contributed by atoms with Gasteiger partial charge in [0.1, 0.15) is 0 Å².